The lowest BCUT2D eigenvalue weighted by Crippen LogP contribution is -2.36. The number of rotatable bonds is 8. The molecule has 9 nitrogen and oxygen atoms in total. The molecule has 1 saturated heterocycles. The second-order valence-corrected chi connectivity index (χ2v) is 10.4. The standard InChI is InChI=1S/C29H34N8O/c1-18-14-22(4-5-23(18)19-7-11-37(12-8-19)13-9-30)34-28-27-20(6-10-32-29(27)38)15-24(36-28)25-16-31-17-26(35-25)33-21-2-3-21/h4-6,10,14-17,19,21H,2-3,7-9,11-13,30H2,1H3,(H,32,38)(H,33,35)(H,34,36). The van der Waals surface area contributed by atoms with E-state index in [0.717, 1.165) is 62.2 Å². The number of aromatic nitrogens is 4. The van der Waals surface area contributed by atoms with Crippen molar-refractivity contribution >= 4 is 28.1 Å². The molecule has 0 bridgehead atoms. The van der Waals surface area contributed by atoms with Gasteiger partial charge in [-0.15, -0.1) is 0 Å². The molecule has 4 heterocycles. The molecule has 2 fully saturated rings. The lowest BCUT2D eigenvalue weighted by molar-refractivity contribution is 0.217. The number of nitrogens with two attached hydrogens (primary N) is 1. The van der Waals surface area contributed by atoms with Crippen molar-refractivity contribution in [2.24, 2.45) is 5.73 Å². The van der Waals surface area contributed by atoms with Crippen LogP contribution in [0.1, 0.15) is 42.7 Å². The second-order valence-electron chi connectivity index (χ2n) is 10.4. The highest BCUT2D eigenvalue weighted by atomic mass is 16.1. The number of H-pyrrole nitrogens is 1. The number of nitrogens with zero attached hydrogens (tertiary/aromatic N) is 4. The Balaban J connectivity index is 1.30. The first-order valence-electron chi connectivity index (χ1n) is 13.5. The minimum Gasteiger partial charge on any atom is -0.366 e. The predicted molar refractivity (Wildman–Crippen MR) is 152 cm³/mol. The van der Waals surface area contributed by atoms with Crippen molar-refractivity contribution in [2.45, 2.75) is 44.6 Å². The minimum absolute atomic E-state index is 0.183. The van der Waals surface area contributed by atoms with Gasteiger partial charge in [-0.1, -0.05) is 6.07 Å². The quantitative estimate of drug-likeness (QED) is 0.279. The number of hydrogen-bond donors (Lipinski definition) is 4. The molecule has 0 radical (unpaired) electrons. The maximum Gasteiger partial charge on any atom is 0.259 e. The van der Waals surface area contributed by atoms with Gasteiger partial charge in [-0.3, -0.25) is 9.78 Å². The summed E-state index contributed by atoms with van der Waals surface area (Å²) >= 11 is 0. The van der Waals surface area contributed by atoms with Gasteiger partial charge in [-0.05, 0) is 92.4 Å². The number of benzene rings is 1. The first-order valence-corrected chi connectivity index (χ1v) is 13.5. The number of hydrogen-bond acceptors (Lipinski definition) is 8. The number of pyridine rings is 2. The number of fused-ring (bicyclic) bond motifs is 1. The first-order chi connectivity index (χ1) is 18.6. The van der Waals surface area contributed by atoms with Crippen molar-refractivity contribution in [2.75, 3.05) is 36.8 Å². The Kier molecular flexibility index (Phi) is 6.78. The zero-order valence-corrected chi connectivity index (χ0v) is 21.7. The largest absolute Gasteiger partial charge is 0.366 e. The molecular weight excluding hydrogens is 476 g/mol. The summed E-state index contributed by atoms with van der Waals surface area (Å²) in [6.07, 6.45) is 9.71. The molecule has 38 heavy (non-hydrogen) atoms. The molecule has 6 rings (SSSR count). The number of aryl methyl sites for hydroxylation is 1. The molecule has 1 aliphatic heterocycles. The van der Waals surface area contributed by atoms with Gasteiger partial charge in [0.15, 0.2) is 0 Å². The van der Waals surface area contributed by atoms with E-state index >= 15 is 0 Å². The minimum atomic E-state index is -0.183. The SMILES string of the molecule is Cc1cc(Nc2nc(-c3cncc(NC4CC4)n3)cc3cc[nH]c(=O)c23)ccc1C1CCN(CCN)CC1. The number of piperidine rings is 1. The van der Waals surface area contributed by atoms with Crippen LogP contribution < -0.4 is 21.9 Å². The summed E-state index contributed by atoms with van der Waals surface area (Å²) < 4.78 is 0. The van der Waals surface area contributed by atoms with E-state index in [4.69, 9.17) is 15.7 Å². The van der Waals surface area contributed by atoms with Gasteiger partial charge in [0.2, 0.25) is 0 Å². The highest BCUT2D eigenvalue weighted by molar-refractivity contribution is 5.95. The topological polar surface area (TPSA) is 125 Å². The van der Waals surface area contributed by atoms with Crippen LogP contribution in [0.3, 0.4) is 0 Å². The lowest BCUT2D eigenvalue weighted by atomic mass is 9.86. The summed E-state index contributed by atoms with van der Waals surface area (Å²) in [4.78, 5) is 32.0. The zero-order chi connectivity index (χ0) is 26.1. The van der Waals surface area contributed by atoms with Gasteiger partial charge in [0, 0.05) is 31.0 Å². The Morgan fingerprint density at radius 3 is 2.66 bits per heavy atom. The molecule has 196 valence electrons. The third-order valence-electron chi connectivity index (χ3n) is 7.59. The third-order valence-corrected chi connectivity index (χ3v) is 7.59. The number of nitrogens with one attached hydrogen (secondary N) is 3. The van der Waals surface area contributed by atoms with E-state index in [2.05, 4.69) is 50.6 Å². The maximum absolute atomic E-state index is 12.8. The van der Waals surface area contributed by atoms with Crippen molar-refractivity contribution in [1.29, 1.82) is 0 Å². The fraction of sp³-hybridized carbons (Fsp3) is 0.379. The van der Waals surface area contributed by atoms with Gasteiger partial charge in [0.1, 0.15) is 17.3 Å². The molecule has 4 aromatic rings. The fourth-order valence-corrected chi connectivity index (χ4v) is 5.43. The van der Waals surface area contributed by atoms with Crippen molar-refractivity contribution in [3.8, 4) is 11.4 Å². The normalized spacial score (nSPS) is 16.6. The van der Waals surface area contributed by atoms with Crippen LogP contribution in [0.2, 0.25) is 0 Å². The summed E-state index contributed by atoms with van der Waals surface area (Å²) in [6.45, 7) is 6.03. The van der Waals surface area contributed by atoms with Crippen molar-refractivity contribution in [1.82, 2.24) is 24.8 Å². The average Bonchev–Trinajstić information content (AvgIpc) is 3.74. The Bertz CT molecular complexity index is 1500. The second kappa shape index (κ2) is 10.5. The molecule has 0 amide bonds. The van der Waals surface area contributed by atoms with Crippen LogP contribution in [-0.4, -0.2) is 57.1 Å². The summed E-state index contributed by atoms with van der Waals surface area (Å²) in [6, 6.07) is 10.7. The summed E-state index contributed by atoms with van der Waals surface area (Å²) in [5, 5.41) is 8.14. The van der Waals surface area contributed by atoms with E-state index < -0.39 is 0 Å². The predicted octanol–water partition coefficient (Wildman–Crippen LogP) is 4.14. The Morgan fingerprint density at radius 2 is 1.89 bits per heavy atom. The molecule has 5 N–H and O–H groups in total. The number of likely N-dealkylation sites (tertiary alicyclic amines) is 1. The lowest BCUT2D eigenvalue weighted by Gasteiger charge is -2.32. The molecule has 9 heteroatoms. The van der Waals surface area contributed by atoms with Crippen LogP contribution in [0.25, 0.3) is 22.2 Å². The molecule has 2 aliphatic rings. The van der Waals surface area contributed by atoms with Crippen LogP contribution in [0, 0.1) is 6.92 Å². The van der Waals surface area contributed by atoms with Crippen molar-refractivity contribution in [3.05, 3.63) is 70.4 Å². The van der Waals surface area contributed by atoms with E-state index in [9.17, 15) is 4.79 Å². The van der Waals surface area contributed by atoms with E-state index in [1.165, 1.54) is 11.1 Å². The molecule has 1 aliphatic carbocycles. The number of anilines is 3. The summed E-state index contributed by atoms with van der Waals surface area (Å²) in [5.41, 5.74) is 10.4. The van der Waals surface area contributed by atoms with Gasteiger partial charge in [-0.2, -0.15) is 0 Å². The van der Waals surface area contributed by atoms with Crippen LogP contribution in [0.4, 0.5) is 17.3 Å². The van der Waals surface area contributed by atoms with E-state index in [0.29, 0.717) is 41.1 Å². The van der Waals surface area contributed by atoms with Crippen LogP contribution in [-0.2, 0) is 0 Å². The molecule has 0 atom stereocenters. The molecule has 0 unspecified atom stereocenters. The Labute approximate surface area is 221 Å². The maximum atomic E-state index is 12.8. The van der Waals surface area contributed by atoms with Gasteiger partial charge in [0.05, 0.1) is 23.5 Å². The molecule has 1 saturated carbocycles. The van der Waals surface area contributed by atoms with Gasteiger partial charge in [-0.25, -0.2) is 9.97 Å². The van der Waals surface area contributed by atoms with Gasteiger partial charge >= 0.3 is 0 Å². The smallest absolute Gasteiger partial charge is 0.259 e. The van der Waals surface area contributed by atoms with Crippen LogP contribution in [0.15, 0.2) is 53.7 Å². The fourth-order valence-electron chi connectivity index (χ4n) is 5.43. The highest BCUT2D eigenvalue weighted by Crippen LogP contribution is 2.33. The summed E-state index contributed by atoms with van der Waals surface area (Å²) in [7, 11) is 0. The Hall–Kier alpha value is -3.82. The average molecular weight is 511 g/mol. The van der Waals surface area contributed by atoms with E-state index in [1.54, 1.807) is 18.6 Å². The molecular formula is C29H34N8O. The molecule has 1 aromatic carbocycles. The number of aromatic amines is 1. The highest BCUT2D eigenvalue weighted by Gasteiger charge is 2.23. The van der Waals surface area contributed by atoms with Crippen molar-refractivity contribution < 1.29 is 0 Å². The molecule has 3 aromatic heterocycles. The van der Waals surface area contributed by atoms with Gasteiger partial charge in [0.25, 0.3) is 5.56 Å². The van der Waals surface area contributed by atoms with Crippen LogP contribution >= 0.6 is 0 Å². The van der Waals surface area contributed by atoms with E-state index in [1.807, 2.05) is 12.1 Å². The third kappa shape index (κ3) is 5.25. The van der Waals surface area contributed by atoms with Crippen LogP contribution in [0.5, 0.6) is 0 Å². The molecule has 0 spiro atoms. The monoisotopic (exact) mass is 510 g/mol. The van der Waals surface area contributed by atoms with Gasteiger partial charge < -0.3 is 26.3 Å². The van der Waals surface area contributed by atoms with Crippen molar-refractivity contribution in [3.63, 3.8) is 0 Å². The summed E-state index contributed by atoms with van der Waals surface area (Å²) in [5.74, 6) is 1.80. The zero-order valence-electron chi connectivity index (χ0n) is 21.7. The first kappa shape index (κ1) is 24.5. The van der Waals surface area contributed by atoms with E-state index in [-0.39, 0.29) is 5.56 Å². The Morgan fingerprint density at radius 1 is 1.05 bits per heavy atom.